The lowest BCUT2D eigenvalue weighted by molar-refractivity contribution is -0.0316. The van der Waals surface area contributed by atoms with Gasteiger partial charge < -0.3 is 14.7 Å². The third kappa shape index (κ3) is 4.98. The number of aliphatic hydroxyl groups excluding tert-OH is 1. The number of ether oxygens (including phenoxy) is 1. The van der Waals surface area contributed by atoms with Gasteiger partial charge in [0, 0.05) is 44.8 Å². The minimum absolute atomic E-state index is 0.193. The first-order valence-corrected chi connectivity index (χ1v) is 10.2. The van der Waals surface area contributed by atoms with Gasteiger partial charge in [-0.05, 0) is 30.0 Å². The molecule has 4 rings (SSSR count). The lowest BCUT2D eigenvalue weighted by Gasteiger charge is -2.31. The molecule has 1 aromatic heterocycles. The van der Waals surface area contributed by atoms with Crippen molar-refractivity contribution in [1.29, 1.82) is 0 Å². The van der Waals surface area contributed by atoms with E-state index in [0.29, 0.717) is 18.2 Å². The van der Waals surface area contributed by atoms with Gasteiger partial charge in [0.2, 0.25) is 0 Å². The molecule has 1 fully saturated rings. The van der Waals surface area contributed by atoms with Crippen molar-refractivity contribution in [1.82, 2.24) is 19.8 Å². The number of benzene rings is 1. The minimum Gasteiger partial charge on any atom is -0.390 e. The van der Waals surface area contributed by atoms with E-state index in [1.54, 1.807) is 18.0 Å². The second-order valence-corrected chi connectivity index (χ2v) is 8.10. The molecule has 1 N–H and O–H groups in total. The maximum atomic E-state index is 12.7. The average Bonchev–Trinajstić information content (AvgIpc) is 2.70. The molecule has 1 saturated heterocycles. The molecule has 0 unspecified atom stereocenters. The van der Waals surface area contributed by atoms with Gasteiger partial charge in [-0.1, -0.05) is 24.3 Å². The number of β-amino-alcohol motifs (C(OH)–C–C–N with tert-alkyl or cyclic N) is 1. The fourth-order valence-corrected chi connectivity index (χ4v) is 3.98. The molecule has 154 valence electrons. The summed E-state index contributed by atoms with van der Waals surface area (Å²) >= 11 is 0. The summed E-state index contributed by atoms with van der Waals surface area (Å²) in [5, 5.41) is 10.5. The Labute approximate surface area is 171 Å². The first-order valence-electron chi connectivity index (χ1n) is 10.2. The quantitative estimate of drug-likeness (QED) is 0.757. The molecular weight excluding hydrogens is 368 g/mol. The summed E-state index contributed by atoms with van der Waals surface area (Å²) in [5.41, 5.74) is 3.94. The monoisotopic (exact) mass is 396 g/mol. The fourth-order valence-electron chi connectivity index (χ4n) is 3.98. The second-order valence-electron chi connectivity index (χ2n) is 8.10. The van der Waals surface area contributed by atoms with Crippen LogP contribution < -0.4 is 0 Å². The Morgan fingerprint density at radius 3 is 2.86 bits per heavy atom. The van der Waals surface area contributed by atoms with Crippen LogP contribution in [0.4, 0.5) is 0 Å². The highest BCUT2D eigenvalue weighted by Crippen LogP contribution is 2.19. The molecule has 7 heteroatoms. The van der Waals surface area contributed by atoms with E-state index in [1.165, 1.54) is 17.5 Å². The molecule has 1 atom stereocenters. The van der Waals surface area contributed by atoms with Crippen LogP contribution in [0.5, 0.6) is 0 Å². The number of carbonyl (C=O) groups excluding carboxylic acids is 1. The Kier molecular flexibility index (Phi) is 6.18. The summed E-state index contributed by atoms with van der Waals surface area (Å²) in [6.07, 6.45) is 2.62. The van der Waals surface area contributed by atoms with Gasteiger partial charge in [0.05, 0.1) is 19.3 Å². The van der Waals surface area contributed by atoms with Gasteiger partial charge >= 0.3 is 0 Å². The van der Waals surface area contributed by atoms with E-state index in [4.69, 9.17) is 4.74 Å². The van der Waals surface area contributed by atoms with Crippen molar-refractivity contribution in [2.45, 2.75) is 25.5 Å². The zero-order valence-electron chi connectivity index (χ0n) is 16.8. The molecule has 1 amide bonds. The number of fused-ring (bicyclic) bond motifs is 1. The van der Waals surface area contributed by atoms with Gasteiger partial charge in [-0.3, -0.25) is 9.69 Å². The van der Waals surface area contributed by atoms with Crippen LogP contribution in [0.2, 0.25) is 0 Å². The predicted molar refractivity (Wildman–Crippen MR) is 108 cm³/mol. The number of likely N-dealkylation sites (N-methyl/N-ethyl adjacent to an activating group) is 1. The highest BCUT2D eigenvalue weighted by Gasteiger charge is 2.23. The van der Waals surface area contributed by atoms with Crippen molar-refractivity contribution in [2.24, 2.45) is 5.92 Å². The van der Waals surface area contributed by atoms with Crippen molar-refractivity contribution in [2.75, 3.05) is 39.9 Å². The van der Waals surface area contributed by atoms with E-state index < -0.39 is 6.10 Å². The van der Waals surface area contributed by atoms with Crippen LogP contribution in [0.25, 0.3) is 0 Å². The van der Waals surface area contributed by atoms with Crippen LogP contribution >= 0.6 is 0 Å². The molecule has 3 heterocycles. The standard InChI is InChI=1S/C22H28N4O3/c1-25(22(28)21-9-19(23-15-24-21)8-16-13-29-14-16)11-20(27)12-26-7-6-17-4-2-3-5-18(17)10-26/h2-5,9,15-16,20,27H,6-8,10-14H2,1H3/t20-/m0/s1. The van der Waals surface area contributed by atoms with Gasteiger partial charge in [0.1, 0.15) is 12.0 Å². The number of nitrogens with zero attached hydrogens (tertiary/aromatic N) is 4. The van der Waals surface area contributed by atoms with E-state index in [9.17, 15) is 9.90 Å². The lowest BCUT2D eigenvalue weighted by Crippen LogP contribution is -2.42. The van der Waals surface area contributed by atoms with Crippen molar-refractivity contribution in [3.05, 3.63) is 59.2 Å². The predicted octanol–water partition coefficient (Wildman–Crippen LogP) is 1.16. The van der Waals surface area contributed by atoms with Crippen LogP contribution in [0.15, 0.2) is 36.7 Å². The van der Waals surface area contributed by atoms with Gasteiger partial charge in [-0.25, -0.2) is 9.97 Å². The number of rotatable bonds is 7. The maximum absolute atomic E-state index is 12.7. The molecule has 7 nitrogen and oxygen atoms in total. The molecule has 2 aliphatic heterocycles. The maximum Gasteiger partial charge on any atom is 0.272 e. The van der Waals surface area contributed by atoms with E-state index in [-0.39, 0.29) is 12.5 Å². The Bertz CT molecular complexity index is 855. The number of amides is 1. The summed E-state index contributed by atoms with van der Waals surface area (Å²) in [5.74, 6) is 0.281. The van der Waals surface area contributed by atoms with Crippen LogP contribution in [-0.2, 0) is 24.1 Å². The zero-order chi connectivity index (χ0) is 20.2. The average molecular weight is 396 g/mol. The Morgan fingerprint density at radius 2 is 2.10 bits per heavy atom. The van der Waals surface area contributed by atoms with Crippen LogP contribution in [0, 0.1) is 5.92 Å². The second kappa shape index (κ2) is 8.98. The summed E-state index contributed by atoms with van der Waals surface area (Å²) in [6, 6.07) is 10.2. The van der Waals surface area contributed by atoms with Crippen LogP contribution in [0.1, 0.15) is 27.3 Å². The molecule has 0 saturated carbocycles. The first-order chi connectivity index (χ1) is 14.1. The number of aromatic nitrogens is 2. The van der Waals surface area contributed by atoms with Gasteiger partial charge in [-0.2, -0.15) is 0 Å². The largest absolute Gasteiger partial charge is 0.390 e. The SMILES string of the molecule is CN(C[C@H](O)CN1CCc2ccccc2C1)C(=O)c1cc(CC2COC2)ncn1. The van der Waals surface area contributed by atoms with Crippen LogP contribution in [0.3, 0.4) is 0 Å². The highest BCUT2D eigenvalue weighted by molar-refractivity contribution is 5.92. The number of hydrogen-bond acceptors (Lipinski definition) is 6. The number of carbonyl (C=O) groups is 1. The van der Waals surface area contributed by atoms with Crippen molar-refractivity contribution in [3.63, 3.8) is 0 Å². The lowest BCUT2D eigenvalue weighted by atomic mass is 10.00. The van der Waals surface area contributed by atoms with Crippen molar-refractivity contribution in [3.8, 4) is 0 Å². The number of aliphatic hydroxyl groups is 1. The third-order valence-electron chi connectivity index (χ3n) is 5.66. The normalized spacial score (nSPS) is 18.0. The molecule has 0 aliphatic carbocycles. The molecule has 2 aliphatic rings. The van der Waals surface area contributed by atoms with E-state index >= 15 is 0 Å². The molecular formula is C22H28N4O3. The molecule has 29 heavy (non-hydrogen) atoms. The highest BCUT2D eigenvalue weighted by atomic mass is 16.5. The first kappa shape index (κ1) is 19.9. The van der Waals surface area contributed by atoms with Gasteiger partial charge in [-0.15, -0.1) is 0 Å². The molecule has 2 aromatic rings. The molecule has 0 radical (unpaired) electrons. The zero-order valence-corrected chi connectivity index (χ0v) is 16.8. The fraction of sp³-hybridized carbons (Fsp3) is 0.500. The Hall–Kier alpha value is -2.35. The number of hydrogen-bond donors (Lipinski definition) is 1. The van der Waals surface area contributed by atoms with Crippen molar-refractivity contribution >= 4 is 5.91 Å². The summed E-state index contributed by atoms with van der Waals surface area (Å²) in [6.45, 7) is 4.08. The Morgan fingerprint density at radius 1 is 1.31 bits per heavy atom. The van der Waals surface area contributed by atoms with E-state index in [1.807, 2.05) is 0 Å². The summed E-state index contributed by atoms with van der Waals surface area (Å²) < 4.78 is 5.20. The molecule has 0 spiro atoms. The molecule has 0 bridgehead atoms. The van der Waals surface area contributed by atoms with E-state index in [2.05, 4.69) is 39.1 Å². The molecule has 1 aromatic carbocycles. The summed E-state index contributed by atoms with van der Waals surface area (Å²) in [4.78, 5) is 24.9. The summed E-state index contributed by atoms with van der Waals surface area (Å²) in [7, 11) is 1.71. The minimum atomic E-state index is -0.609. The third-order valence-corrected chi connectivity index (χ3v) is 5.66. The van der Waals surface area contributed by atoms with E-state index in [0.717, 1.165) is 44.8 Å². The van der Waals surface area contributed by atoms with Gasteiger partial charge in [0.15, 0.2) is 0 Å². The van der Waals surface area contributed by atoms with Gasteiger partial charge in [0.25, 0.3) is 5.91 Å². The van der Waals surface area contributed by atoms with Crippen molar-refractivity contribution < 1.29 is 14.6 Å². The topological polar surface area (TPSA) is 78.8 Å². The Balaban J connectivity index is 1.30. The smallest absolute Gasteiger partial charge is 0.272 e. The van der Waals surface area contributed by atoms with Crippen LogP contribution in [-0.4, -0.2) is 76.8 Å².